The summed E-state index contributed by atoms with van der Waals surface area (Å²) in [7, 11) is 1.74. The third-order valence-electron chi connectivity index (χ3n) is 1.57. The number of nitrogens with zero attached hydrogens (tertiary/aromatic N) is 1. The maximum absolute atomic E-state index is 12.9. The Labute approximate surface area is 86.1 Å². The van der Waals surface area contributed by atoms with Crippen LogP contribution in [-0.2, 0) is 0 Å². The van der Waals surface area contributed by atoms with Gasteiger partial charge in [0.25, 0.3) is 0 Å². The average Bonchev–Trinajstić information content (AvgIpc) is 2.20. The van der Waals surface area contributed by atoms with Gasteiger partial charge in [-0.3, -0.25) is 0 Å². The topological polar surface area (TPSA) is 62.2 Å². The summed E-state index contributed by atoms with van der Waals surface area (Å²) in [5.41, 5.74) is -0.0877. The largest absolute Gasteiger partial charge is 0.478 e. The fourth-order valence-corrected chi connectivity index (χ4v) is 0.901. The quantitative estimate of drug-likeness (QED) is 0.548. The number of pyridine rings is 1. The molecule has 0 bridgehead atoms. The van der Waals surface area contributed by atoms with Crippen LogP contribution in [-0.4, -0.2) is 29.7 Å². The lowest BCUT2D eigenvalue weighted by molar-refractivity contribution is 0.0690. The first kappa shape index (κ1) is 11.1. The van der Waals surface area contributed by atoms with Crippen LogP contribution in [0.1, 0.15) is 15.9 Å². The maximum Gasteiger partial charge on any atom is 0.340 e. The van der Waals surface area contributed by atoms with Gasteiger partial charge in [0.1, 0.15) is 5.56 Å². The molecular formula is C10H9FN2O2. The number of hydrogen-bond acceptors (Lipinski definition) is 3. The fourth-order valence-electron chi connectivity index (χ4n) is 0.901. The molecule has 15 heavy (non-hydrogen) atoms. The highest BCUT2D eigenvalue weighted by molar-refractivity contribution is 5.87. The van der Waals surface area contributed by atoms with Gasteiger partial charge in [-0.1, -0.05) is 11.8 Å². The number of carbonyl (C=O) groups is 1. The van der Waals surface area contributed by atoms with Gasteiger partial charge in [-0.2, -0.15) is 4.39 Å². The van der Waals surface area contributed by atoms with Gasteiger partial charge in [0.05, 0.1) is 6.54 Å². The first-order valence-corrected chi connectivity index (χ1v) is 4.17. The van der Waals surface area contributed by atoms with E-state index < -0.39 is 17.5 Å². The Kier molecular flexibility index (Phi) is 3.77. The summed E-state index contributed by atoms with van der Waals surface area (Å²) in [5.74, 6) is 3.04. The predicted octanol–water partition coefficient (Wildman–Crippen LogP) is 0.490. The van der Waals surface area contributed by atoms with Gasteiger partial charge in [0.15, 0.2) is 0 Å². The Morgan fingerprint density at radius 3 is 3.07 bits per heavy atom. The molecule has 0 unspecified atom stereocenters. The number of rotatable bonds is 2. The highest BCUT2D eigenvalue weighted by atomic mass is 19.1. The molecule has 78 valence electrons. The normalized spacial score (nSPS) is 9.20. The van der Waals surface area contributed by atoms with Gasteiger partial charge in [-0.15, -0.1) is 0 Å². The molecule has 1 aromatic heterocycles. The van der Waals surface area contributed by atoms with E-state index in [0.717, 1.165) is 6.07 Å². The summed E-state index contributed by atoms with van der Waals surface area (Å²) in [6.07, 6.45) is 1.20. The summed E-state index contributed by atoms with van der Waals surface area (Å²) in [6, 6.07) is 1.16. The van der Waals surface area contributed by atoms with Crippen molar-refractivity contribution in [1.82, 2.24) is 10.3 Å². The van der Waals surface area contributed by atoms with Crippen LogP contribution < -0.4 is 5.32 Å². The lowest BCUT2D eigenvalue weighted by atomic mass is 10.2. The van der Waals surface area contributed by atoms with Crippen molar-refractivity contribution in [1.29, 1.82) is 0 Å². The van der Waals surface area contributed by atoms with Gasteiger partial charge in [-0.05, 0) is 13.1 Å². The molecule has 1 aromatic rings. The van der Waals surface area contributed by atoms with Crippen LogP contribution >= 0.6 is 0 Å². The monoisotopic (exact) mass is 208 g/mol. The summed E-state index contributed by atoms with van der Waals surface area (Å²) < 4.78 is 12.9. The van der Waals surface area contributed by atoms with Gasteiger partial charge in [0, 0.05) is 11.8 Å². The molecule has 1 rings (SSSR count). The van der Waals surface area contributed by atoms with Crippen LogP contribution in [0.5, 0.6) is 0 Å². The Hall–Kier alpha value is -1.93. The molecule has 0 saturated carbocycles. The minimum absolute atomic E-state index is 0.379. The van der Waals surface area contributed by atoms with Crippen molar-refractivity contribution in [3.05, 3.63) is 29.3 Å². The van der Waals surface area contributed by atoms with Crippen LogP contribution in [0.25, 0.3) is 0 Å². The van der Waals surface area contributed by atoms with Crippen LogP contribution in [0, 0.1) is 17.8 Å². The van der Waals surface area contributed by atoms with Crippen molar-refractivity contribution < 1.29 is 14.3 Å². The molecular weight excluding hydrogens is 199 g/mol. The molecule has 0 saturated heterocycles. The number of carboxylic acids is 1. The summed E-state index contributed by atoms with van der Waals surface area (Å²) in [6.45, 7) is 0.472. The van der Waals surface area contributed by atoms with E-state index in [2.05, 4.69) is 22.1 Å². The number of aromatic carboxylic acids is 1. The van der Waals surface area contributed by atoms with E-state index in [1.54, 1.807) is 7.05 Å². The average molecular weight is 208 g/mol. The minimum atomic E-state index is -1.35. The zero-order valence-corrected chi connectivity index (χ0v) is 8.04. The van der Waals surface area contributed by atoms with Gasteiger partial charge < -0.3 is 10.4 Å². The van der Waals surface area contributed by atoms with Crippen LogP contribution in [0.4, 0.5) is 4.39 Å². The maximum atomic E-state index is 12.9. The van der Waals surface area contributed by atoms with Gasteiger partial charge >= 0.3 is 5.97 Å². The molecule has 0 aliphatic carbocycles. The van der Waals surface area contributed by atoms with E-state index >= 15 is 0 Å². The Balaban J connectivity index is 2.99. The number of nitrogens with one attached hydrogen (secondary N) is 1. The summed E-state index contributed by atoms with van der Waals surface area (Å²) in [4.78, 5) is 13.9. The standard InChI is InChI=1S/C10H9FN2O2/c1-12-4-2-3-7-5-8(10(14)15)9(11)13-6-7/h5-6,12H,4H2,1H3,(H,14,15). The third kappa shape index (κ3) is 3.04. The van der Waals surface area contributed by atoms with Crippen molar-refractivity contribution in [3.63, 3.8) is 0 Å². The van der Waals surface area contributed by atoms with Crippen molar-refractivity contribution in [2.75, 3.05) is 13.6 Å². The van der Waals surface area contributed by atoms with E-state index in [9.17, 15) is 9.18 Å². The zero-order chi connectivity index (χ0) is 11.3. The zero-order valence-electron chi connectivity index (χ0n) is 8.04. The van der Waals surface area contributed by atoms with Crippen LogP contribution in [0.3, 0.4) is 0 Å². The van der Waals surface area contributed by atoms with E-state index in [1.807, 2.05) is 0 Å². The second-order valence-electron chi connectivity index (χ2n) is 2.70. The second kappa shape index (κ2) is 5.08. The predicted molar refractivity (Wildman–Crippen MR) is 52.0 cm³/mol. The van der Waals surface area contributed by atoms with E-state index in [-0.39, 0.29) is 0 Å². The Bertz CT molecular complexity index is 435. The molecule has 0 fully saturated rings. The minimum Gasteiger partial charge on any atom is -0.478 e. The van der Waals surface area contributed by atoms with Gasteiger partial charge in [-0.25, -0.2) is 9.78 Å². The number of halogens is 1. The molecule has 0 aliphatic rings. The molecule has 0 spiro atoms. The highest BCUT2D eigenvalue weighted by Crippen LogP contribution is 2.06. The van der Waals surface area contributed by atoms with E-state index in [1.165, 1.54) is 6.20 Å². The summed E-state index contributed by atoms with van der Waals surface area (Å²) >= 11 is 0. The molecule has 2 N–H and O–H groups in total. The Morgan fingerprint density at radius 1 is 1.73 bits per heavy atom. The molecule has 4 nitrogen and oxygen atoms in total. The third-order valence-corrected chi connectivity index (χ3v) is 1.57. The SMILES string of the molecule is CNCC#Cc1cnc(F)c(C(=O)O)c1. The Morgan fingerprint density at radius 2 is 2.47 bits per heavy atom. The lowest BCUT2D eigenvalue weighted by Gasteiger charge is -1.96. The van der Waals surface area contributed by atoms with Crippen molar-refractivity contribution in [2.45, 2.75) is 0 Å². The first-order chi connectivity index (χ1) is 7.15. The van der Waals surface area contributed by atoms with Crippen LogP contribution in [0.15, 0.2) is 12.3 Å². The molecule has 5 heteroatoms. The molecule has 0 aliphatic heterocycles. The fraction of sp³-hybridized carbons (Fsp3) is 0.200. The first-order valence-electron chi connectivity index (χ1n) is 4.17. The molecule has 1 heterocycles. The molecule has 0 radical (unpaired) electrons. The lowest BCUT2D eigenvalue weighted by Crippen LogP contribution is -2.05. The van der Waals surface area contributed by atoms with Crippen molar-refractivity contribution in [3.8, 4) is 11.8 Å². The molecule has 0 aromatic carbocycles. The molecule has 0 amide bonds. The van der Waals surface area contributed by atoms with Crippen molar-refractivity contribution >= 4 is 5.97 Å². The smallest absolute Gasteiger partial charge is 0.340 e. The summed E-state index contributed by atoms with van der Waals surface area (Å²) in [5, 5.41) is 11.4. The van der Waals surface area contributed by atoms with E-state index in [4.69, 9.17) is 5.11 Å². The number of carboxylic acid groups (broad SMARTS) is 1. The second-order valence-corrected chi connectivity index (χ2v) is 2.70. The van der Waals surface area contributed by atoms with E-state index in [0.29, 0.717) is 12.1 Å². The van der Waals surface area contributed by atoms with Gasteiger partial charge in [0.2, 0.25) is 5.95 Å². The van der Waals surface area contributed by atoms with Crippen LogP contribution in [0.2, 0.25) is 0 Å². The van der Waals surface area contributed by atoms with Crippen molar-refractivity contribution in [2.24, 2.45) is 0 Å². The highest BCUT2D eigenvalue weighted by Gasteiger charge is 2.11. The number of aromatic nitrogens is 1. The number of hydrogen-bond donors (Lipinski definition) is 2. The molecule has 0 atom stereocenters.